The first kappa shape index (κ1) is 17.4. The summed E-state index contributed by atoms with van der Waals surface area (Å²) in [4.78, 5) is 25.9. The fourth-order valence-electron chi connectivity index (χ4n) is 1.97. The summed E-state index contributed by atoms with van der Waals surface area (Å²) in [7, 11) is 0. The molecular formula is C18H16N4OS2. The molecule has 0 aliphatic rings. The molecular weight excluding hydrogens is 352 g/mol. The van der Waals surface area contributed by atoms with E-state index in [0.29, 0.717) is 12.3 Å². The fraction of sp³-hybridized carbons (Fsp3) is 0.111. The van der Waals surface area contributed by atoms with Crippen molar-refractivity contribution in [2.45, 2.75) is 21.5 Å². The molecule has 126 valence electrons. The minimum Gasteiger partial charge on any atom is -0.351 e. The molecule has 1 amide bonds. The van der Waals surface area contributed by atoms with Crippen LogP contribution in [0.1, 0.15) is 5.56 Å². The first-order chi connectivity index (χ1) is 12.3. The van der Waals surface area contributed by atoms with Crippen LogP contribution < -0.4 is 5.32 Å². The van der Waals surface area contributed by atoms with Gasteiger partial charge in [-0.1, -0.05) is 47.8 Å². The van der Waals surface area contributed by atoms with Gasteiger partial charge in [0.15, 0.2) is 0 Å². The van der Waals surface area contributed by atoms with E-state index < -0.39 is 0 Å². The van der Waals surface area contributed by atoms with Crippen molar-refractivity contribution in [2.75, 3.05) is 5.75 Å². The molecule has 0 spiro atoms. The molecule has 0 unspecified atom stereocenters. The highest BCUT2D eigenvalue weighted by Crippen LogP contribution is 2.32. The molecule has 0 saturated carbocycles. The standard InChI is InChI=1S/C18H16N4OS2/c23-16(22-12-14-5-4-8-19-11-14)13-24-17-18(21-10-9-20-17)25-15-6-2-1-3-7-15/h1-11H,12-13H2,(H,22,23). The van der Waals surface area contributed by atoms with Gasteiger partial charge in [-0.25, -0.2) is 9.97 Å². The van der Waals surface area contributed by atoms with E-state index in [1.807, 2.05) is 42.5 Å². The molecule has 0 radical (unpaired) electrons. The lowest BCUT2D eigenvalue weighted by Gasteiger charge is -2.07. The lowest BCUT2D eigenvalue weighted by molar-refractivity contribution is -0.118. The highest BCUT2D eigenvalue weighted by atomic mass is 32.2. The summed E-state index contributed by atoms with van der Waals surface area (Å²) in [6.45, 7) is 0.472. The van der Waals surface area contributed by atoms with E-state index in [1.165, 1.54) is 11.8 Å². The van der Waals surface area contributed by atoms with Crippen LogP contribution in [-0.4, -0.2) is 26.6 Å². The zero-order chi connectivity index (χ0) is 17.3. The van der Waals surface area contributed by atoms with Crippen molar-refractivity contribution in [2.24, 2.45) is 0 Å². The average Bonchev–Trinajstić information content (AvgIpc) is 2.67. The minimum absolute atomic E-state index is 0.0461. The minimum atomic E-state index is -0.0461. The number of carbonyl (C=O) groups is 1. The second-order valence-electron chi connectivity index (χ2n) is 5.01. The smallest absolute Gasteiger partial charge is 0.230 e. The van der Waals surface area contributed by atoms with Gasteiger partial charge in [0.05, 0.1) is 5.75 Å². The highest BCUT2D eigenvalue weighted by molar-refractivity contribution is 8.02. The molecule has 0 aliphatic carbocycles. The van der Waals surface area contributed by atoms with E-state index in [-0.39, 0.29) is 5.91 Å². The topological polar surface area (TPSA) is 67.8 Å². The van der Waals surface area contributed by atoms with Gasteiger partial charge >= 0.3 is 0 Å². The van der Waals surface area contributed by atoms with E-state index in [4.69, 9.17) is 0 Å². The van der Waals surface area contributed by atoms with Crippen LogP contribution in [0.4, 0.5) is 0 Å². The van der Waals surface area contributed by atoms with E-state index in [2.05, 4.69) is 20.3 Å². The van der Waals surface area contributed by atoms with Crippen LogP contribution in [0.25, 0.3) is 0 Å². The predicted octanol–water partition coefficient (Wildman–Crippen LogP) is 3.43. The number of thioether (sulfide) groups is 1. The molecule has 0 fully saturated rings. The SMILES string of the molecule is O=C(CSc1nccnc1Sc1ccccc1)NCc1cccnc1. The molecule has 3 rings (SSSR count). The van der Waals surface area contributed by atoms with Crippen molar-refractivity contribution >= 4 is 29.4 Å². The van der Waals surface area contributed by atoms with E-state index >= 15 is 0 Å². The van der Waals surface area contributed by atoms with Crippen LogP contribution in [-0.2, 0) is 11.3 Å². The van der Waals surface area contributed by atoms with Crippen molar-refractivity contribution < 1.29 is 4.79 Å². The van der Waals surface area contributed by atoms with Gasteiger partial charge in [0.2, 0.25) is 5.91 Å². The zero-order valence-electron chi connectivity index (χ0n) is 13.3. The van der Waals surface area contributed by atoms with Crippen molar-refractivity contribution in [3.05, 3.63) is 72.8 Å². The first-order valence-electron chi connectivity index (χ1n) is 7.63. The molecule has 0 aliphatic heterocycles. The summed E-state index contributed by atoms with van der Waals surface area (Å²) >= 11 is 2.93. The summed E-state index contributed by atoms with van der Waals surface area (Å²) < 4.78 is 0. The molecule has 1 N–H and O–H groups in total. The zero-order valence-corrected chi connectivity index (χ0v) is 15.0. The molecule has 5 nitrogen and oxygen atoms in total. The molecule has 3 aromatic rings. The number of carbonyl (C=O) groups excluding carboxylic acids is 1. The predicted molar refractivity (Wildman–Crippen MR) is 99.4 cm³/mol. The van der Waals surface area contributed by atoms with Gasteiger partial charge in [0.25, 0.3) is 0 Å². The van der Waals surface area contributed by atoms with Crippen molar-refractivity contribution in [3.63, 3.8) is 0 Å². The number of hydrogen-bond donors (Lipinski definition) is 1. The Kier molecular flexibility index (Phi) is 6.42. The van der Waals surface area contributed by atoms with Crippen molar-refractivity contribution in [1.82, 2.24) is 20.3 Å². The molecule has 2 heterocycles. The maximum Gasteiger partial charge on any atom is 0.230 e. The number of aromatic nitrogens is 3. The number of nitrogens with zero attached hydrogens (tertiary/aromatic N) is 3. The third-order valence-electron chi connectivity index (χ3n) is 3.14. The Morgan fingerprint density at radius 2 is 1.76 bits per heavy atom. The monoisotopic (exact) mass is 368 g/mol. The van der Waals surface area contributed by atoms with E-state index in [9.17, 15) is 4.79 Å². The second-order valence-corrected chi connectivity index (χ2v) is 7.03. The number of rotatable bonds is 7. The summed E-state index contributed by atoms with van der Waals surface area (Å²) in [5, 5.41) is 4.45. The van der Waals surface area contributed by atoms with Crippen LogP contribution in [0.15, 0.2) is 82.2 Å². The Labute approximate surface area is 154 Å². The summed E-state index contributed by atoms with van der Waals surface area (Å²) in [6.07, 6.45) is 6.76. The van der Waals surface area contributed by atoms with Gasteiger partial charge < -0.3 is 5.32 Å². The molecule has 1 aromatic carbocycles. The van der Waals surface area contributed by atoms with Gasteiger partial charge in [0, 0.05) is 36.2 Å². The van der Waals surface area contributed by atoms with Crippen molar-refractivity contribution in [3.8, 4) is 0 Å². The van der Waals surface area contributed by atoms with Gasteiger partial charge in [0.1, 0.15) is 10.1 Å². The van der Waals surface area contributed by atoms with Gasteiger partial charge in [-0.2, -0.15) is 0 Å². The maximum absolute atomic E-state index is 12.1. The molecule has 0 atom stereocenters. The van der Waals surface area contributed by atoms with Crippen molar-refractivity contribution in [1.29, 1.82) is 0 Å². The fourth-order valence-corrected chi connectivity index (χ4v) is 3.72. The lowest BCUT2D eigenvalue weighted by atomic mass is 10.3. The van der Waals surface area contributed by atoms with E-state index in [0.717, 1.165) is 20.5 Å². The second kappa shape index (κ2) is 9.19. The lowest BCUT2D eigenvalue weighted by Crippen LogP contribution is -2.24. The first-order valence-corrected chi connectivity index (χ1v) is 9.44. The van der Waals surface area contributed by atoms with Crippen LogP contribution in [0.5, 0.6) is 0 Å². The Bertz CT molecular complexity index is 816. The third-order valence-corrected chi connectivity index (χ3v) is 5.25. The molecule has 7 heteroatoms. The normalized spacial score (nSPS) is 10.4. The molecule has 25 heavy (non-hydrogen) atoms. The number of pyridine rings is 1. The number of hydrogen-bond acceptors (Lipinski definition) is 6. The van der Waals surface area contributed by atoms with Crippen LogP contribution in [0, 0.1) is 0 Å². The van der Waals surface area contributed by atoms with Crippen LogP contribution >= 0.6 is 23.5 Å². The van der Waals surface area contributed by atoms with Gasteiger partial charge in [-0.3, -0.25) is 9.78 Å². The van der Waals surface area contributed by atoms with Gasteiger partial charge in [-0.15, -0.1) is 0 Å². The number of amides is 1. The molecule has 2 aromatic heterocycles. The third kappa shape index (κ3) is 5.58. The highest BCUT2D eigenvalue weighted by Gasteiger charge is 2.10. The van der Waals surface area contributed by atoms with Crippen LogP contribution in [0.3, 0.4) is 0 Å². The van der Waals surface area contributed by atoms with E-state index in [1.54, 1.807) is 36.5 Å². The Morgan fingerprint density at radius 1 is 0.960 bits per heavy atom. The maximum atomic E-state index is 12.1. The summed E-state index contributed by atoms with van der Waals surface area (Å²) in [5.41, 5.74) is 0.973. The number of benzene rings is 1. The van der Waals surface area contributed by atoms with Crippen LogP contribution in [0.2, 0.25) is 0 Å². The summed E-state index contributed by atoms with van der Waals surface area (Å²) in [6, 6.07) is 13.8. The Balaban J connectivity index is 1.55. The Hall–Kier alpha value is -2.38. The largest absolute Gasteiger partial charge is 0.351 e. The number of nitrogens with one attached hydrogen (secondary N) is 1. The summed E-state index contributed by atoms with van der Waals surface area (Å²) in [5.74, 6) is 0.247. The quantitative estimate of drug-likeness (QED) is 0.645. The van der Waals surface area contributed by atoms with Gasteiger partial charge in [-0.05, 0) is 23.8 Å². The average molecular weight is 368 g/mol. The molecule has 0 bridgehead atoms. The Morgan fingerprint density at radius 3 is 2.52 bits per heavy atom. The molecule has 0 saturated heterocycles.